The zero-order chi connectivity index (χ0) is 19.4. The van der Waals surface area contributed by atoms with Crippen LogP contribution in [0.25, 0.3) is 0 Å². The van der Waals surface area contributed by atoms with Gasteiger partial charge >= 0.3 is 5.97 Å². The van der Waals surface area contributed by atoms with E-state index in [4.69, 9.17) is 14.6 Å². The minimum Gasteiger partial charge on any atom is -0.479 e. The maximum absolute atomic E-state index is 14.2. The van der Waals surface area contributed by atoms with Crippen LogP contribution < -0.4 is 10.1 Å². The molecule has 1 aliphatic rings. The molecular formula is C19H17F2NO5. The number of benzene rings is 2. The predicted octanol–water partition coefficient (Wildman–Crippen LogP) is 3.01. The summed E-state index contributed by atoms with van der Waals surface area (Å²) in [5, 5.41) is 11.4. The second kappa shape index (κ2) is 8.13. The second-order valence-corrected chi connectivity index (χ2v) is 6.04. The fraction of sp³-hybridized carbons (Fsp3) is 0.263. The lowest BCUT2D eigenvalue weighted by Gasteiger charge is -2.13. The van der Waals surface area contributed by atoms with Gasteiger partial charge in [-0.15, -0.1) is 0 Å². The zero-order valence-corrected chi connectivity index (χ0v) is 14.2. The lowest BCUT2D eigenvalue weighted by atomic mass is 10.1. The normalized spacial score (nSPS) is 18.9. The molecule has 0 spiro atoms. The Morgan fingerprint density at radius 2 is 1.78 bits per heavy atom. The third-order valence-corrected chi connectivity index (χ3v) is 4.11. The Morgan fingerprint density at radius 1 is 1.07 bits per heavy atom. The van der Waals surface area contributed by atoms with Crippen LogP contribution in [-0.4, -0.2) is 29.2 Å². The van der Waals surface area contributed by atoms with Gasteiger partial charge in [0, 0.05) is 6.54 Å². The van der Waals surface area contributed by atoms with Crippen LogP contribution in [0.5, 0.6) is 11.5 Å². The lowest BCUT2D eigenvalue weighted by Crippen LogP contribution is -2.35. The number of carbonyl (C=O) groups is 2. The third kappa shape index (κ3) is 4.59. The van der Waals surface area contributed by atoms with Gasteiger partial charge in [0.25, 0.3) is 0 Å². The van der Waals surface area contributed by atoms with E-state index in [1.807, 2.05) is 0 Å². The molecule has 0 bridgehead atoms. The Hall–Kier alpha value is -3.00. The summed E-state index contributed by atoms with van der Waals surface area (Å²) >= 11 is 0. The summed E-state index contributed by atoms with van der Waals surface area (Å²) in [7, 11) is 0. The molecule has 2 aromatic rings. The minimum atomic E-state index is -1.10. The summed E-state index contributed by atoms with van der Waals surface area (Å²) in [4.78, 5) is 22.9. The number of amides is 1. The van der Waals surface area contributed by atoms with E-state index in [1.165, 1.54) is 36.4 Å². The maximum atomic E-state index is 14.2. The molecule has 1 fully saturated rings. The van der Waals surface area contributed by atoms with Crippen molar-refractivity contribution in [2.75, 3.05) is 0 Å². The number of rotatable bonds is 6. The average Bonchev–Trinajstić information content (AvgIpc) is 3.14. The van der Waals surface area contributed by atoms with E-state index in [0.717, 1.165) is 0 Å². The Kier molecular flexibility index (Phi) is 5.66. The molecule has 1 heterocycles. The highest BCUT2D eigenvalue weighted by Crippen LogP contribution is 2.27. The number of ether oxygens (including phenoxy) is 2. The highest BCUT2D eigenvalue weighted by atomic mass is 19.1. The summed E-state index contributed by atoms with van der Waals surface area (Å²) in [6.45, 7) is 0.0350. The van der Waals surface area contributed by atoms with E-state index in [1.54, 1.807) is 6.07 Å². The van der Waals surface area contributed by atoms with Crippen LogP contribution in [-0.2, 0) is 20.9 Å². The number of carboxylic acids is 1. The summed E-state index contributed by atoms with van der Waals surface area (Å²) < 4.78 is 38.1. The van der Waals surface area contributed by atoms with Gasteiger partial charge in [-0.25, -0.2) is 13.6 Å². The molecule has 0 aromatic heterocycles. The standard InChI is InChI=1S/C19H17F2NO5/c20-12-3-1-2-4-14(12)26-15-6-5-11(9-13(15)21)10-22-18(23)16-7-8-17(27-16)19(24)25/h1-6,9,16-17H,7-8,10H2,(H,22,23)(H,24,25)/t16-,17+/m0/s1. The summed E-state index contributed by atoms with van der Waals surface area (Å²) in [6.07, 6.45) is -1.23. The number of para-hydroxylation sites is 1. The van der Waals surface area contributed by atoms with Crippen LogP contribution in [0.4, 0.5) is 8.78 Å². The van der Waals surface area contributed by atoms with Gasteiger partial charge in [-0.1, -0.05) is 18.2 Å². The number of hydrogen-bond acceptors (Lipinski definition) is 4. The average molecular weight is 377 g/mol. The van der Waals surface area contributed by atoms with Crippen LogP contribution >= 0.6 is 0 Å². The predicted molar refractivity (Wildman–Crippen MR) is 90.3 cm³/mol. The lowest BCUT2D eigenvalue weighted by molar-refractivity contribution is -0.151. The van der Waals surface area contributed by atoms with Crippen LogP contribution in [0, 0.1) is 11.6 Å². The highest BCUT2D eigenvalue weighted by Gasteiger charge is 2.34. The van der Waals surface area contributed by atoms with Crippen LogP contribution in [0.1, 0.15) is 18.4 Å². The van der Waals surface area contributed by atoms with E-state index in [-0.39, 0.29) is 24.5 Å². The fourth-order valence-corrected chi connectivity index (χ4v) is 2.70. The Labute approximate surface area is 153 Å². The van der Waals surface area contributed by atoms with Gasteiger partial charge in [0.15, 0.2) is 29.2 Å². The molecule has 0 radical (unpaired) electrons. The van der Waals surface area contributed by atoms with Crippen LogP contribution in [0.2, 0.25) is 0 Å². The maximum Gasteiger partial charge on any atom is 0.332 e. The molecule has 3 rings (SSSR count). The number of hydrogen-bond donors (Lipinski definition) is 2. The van der Waals surface area contributed by atoms with Gasteiger partial charge in [0.2, 0.25) is 5.91 Å². The van der Waals surface area contributed by atoms with E-state index in [9.17, 15) is 18.4 Å². The van der Waals surface area contributed by atoms with Crippen molar-refractivity contribution in [3.63, 3.8) is 0 Å². The smallest absolute Gasteiger partial charge is 0.332 e. The highest BCUT2D eigenvalue weighted by molar-refractivity contribution is 5.82. The second-order valence-electron chi connectivity index (χ2n) is 6.04. The number of nitrogens with one attached hydrogen (secondary N) is 1. The van der Waals surface area contributed by atoms with E-state index >= 15 is 0 Å². The van der Waals surface area contributed by atoms with Crippen molar-refractivity contribution in [3.05, 3.63) is 59.7 Å². The zero-order valence-electron chi connectivity index (χ0n) is 14.2. The Morgan fingerprint density at radius 3 is 2.44 bits per heavy atom. The molecule has 0 unspecified atom stereocenters. The first-order valence-corrected chi connectivity index (χ1v) is 8.31. The van der Waals surface area contributed by atoms with Gasteiger partial charge in [-0.2, -0.15) is 0 Å². The third-order valence-electron chi connectivity index (χ3n) is 4.11. The fourth-order valence-electron chi connectivity index (χ4n) is 2.70. The number of halogens is 2. The number of carbonyl (C=O) groups excluding carboxylic acids is 1. The first-order chi connectivity index (χ1) is 12.9. The van der Waals surface area contributed by atoms with E-state index < -0.39 is 35.7 Å². The van der Waals surface area contributed by atoms with Crippen molar-refractivity contribution < 1.29 is 33.0 Å². The Balaban J connectivity index is 1.57. The first kappa shape index (κ1) is 18.8. The van der Waals surface area contributed by atoms with E-state index in [0.29, 0.717) is 12.0 Å². The molecular weight excluding hydrogens is 360 g/mol. The molecule has 1 amide bonds. The summed E-state index contributed by atoms with van der Waals surface area (Å²) in [5.41, 5.74) is 0.467. The van der Waals surface area contributed by atoms with Gasteiger partial charge in [-0.05, 0) is 42.7 Å². The molecule has 0 saturated carbocycles. The molecule has 2 N–H and O–H groups in total. The number of aliphatic carboxylic acids is 1. The van der Waals surface area contributed by atoms with Crippen LogP contribution in [0.3, 0.4) is 0 Å². The van der Waals surface area contributed by atoms with Crippen LogP contribution in [0.15, 0.2) is 42.5 Å². The molecule has 1 aliphatic heterocycles. The van der Waals surface area contributed by atoms with Crippen molar-refractivity contribution in [1.29, 1.82) is 0 Å². The van der Waals surface area contributed by atoms with Gasteiger partial charge < -0.3 is 19.9 Å². The number of carboxylic acid groups (broad SMARTS) is 1. The van der Waals surface area contributed by atoms with Crippen molar-refractivity contribution >= 4 is 11.9 Å². The molecule has 2 aromatic carbocycles. The molecule has 142 valence electrons. The largest absolute Gasteiger partial charge is 0.479 e. The summed E-state index contributed by atoms with van der Waals surface area (Å²) in [5.74, 6) is -3.09. The first-order valence-electron chi connectivity index (χ1n) is 8.31. The van der Waals surface area contributed by atoms with Crippen molar-refractivity contribution in [3.8, 4) is 11.5 Å². The Bertz CT molecular complexity index is 858. The van der Waals surface area contributed by atoms with E-state index in [2.05, 4.69) is 5.32 Å². The van der Waals surface area contributed by atoms with Crippen molar-refractivity contribution in [1.82, 2.24) is 5.32 Å². The topological polar surface area (TPSA) is 84.9 Å². The minimum absolute atomic E-state index is 0.0350. The molecule has 27 heavy (non-hydrogen) atoms. The molecule has 2 atom stereocenters. The molecule has 1 saturated heterocycles. The van der Waals surface area contributed by atoms with Gasteiger partial charge in [0.1, 0.15) is 6.10 Å². The van der Waals surface area contributed by atoms with Crippen molar-refractivity contribution in [2.45, 2.75) is 31.6 Å². The molecule has 0 aliphatic carbocycles. The van der Waals surface area contributed by atoms with Gasteiger partial charge in [-0.3, -0.25) is 4.79 Å². The monoisotopic (exact) mass is 377 g/mol. The summed E-state index contributed by atoms with van der Waals surface area (Å²) in [6, 6.07) is 9.71. The SMILES string of the molecule is O=C(NCc1ccc(Oc2ccccc2F)c(F)c1)[C@@H]1CC[C@H](C(=O)O)O1. The molecule has 8 heteroatoms. The van der Waals surface area contributed by atoms with Gasteiger partial charge in [0.05, 0.1) is 0 Å². The quantitative estimate of drug-likeness (QED) is 0.808. The molecule has 6 nitrogen and oxygen atoms in total. The van der Waals surface area contributed by atoms with Crippen molar-refractivity contribution in [2.24, 2.45) is 0 Å².